The van der Waals surface area contributed by atoms with Crippen LogP contribution in [-0.2, 0) is 32.8 Å². The minimum atomic E-state index is -5.47. The minimum Gasteiger partial charge on any atom is -0.302 e. The van der Waals surface area contributed by atoms with Crippen molar-refractivity contribution in [2.75, 3.05) is 11.4 Å². The van der Waals surface area contributed by atoms with Crippen LogP contribution in [0, 0.1) is 34.9 Å². The van der Waals surface area contributed by atoms with Gasteiger partial charge in [0.25, 0.3) is 5.91 Å². The molecule has 16 heteroatoms. The quantitative estimate of drug-likeness (QED) is 0.0782. The van der Waals surface area contributed by atoms with E-state index in [2.05, 4.69) is 10.5 Å². The maximum atomic E-state index is 15.8. The fourth-order valence-corrected chi connectivity index (χ4v) is 8.09. The van der Waals surface area contributed by atoms with Crippen molar-refractivity contribution < 1.29 is 49.2 Å². The minimum absolute atomic E-state index is 0.0216. The molecule has 4 aromatic rings. The first kappa shape index (κ1) is 37.0. The second-order valence-corrected chi connectivity index (χ2v) is 14.4. The van der Waals surface area contributed by atoms with Crippen LogP contribution in [0.5, 0.6) is 0 Å². The third-order valence-electron chi connectivity index (χ3n) is 9.25. The average Bonchev–Trinajstić information content (AvgIpc) is 3.12. The number of carbonyl (C=O) groups excluding carboxylic acids is 2. The predicted molar refractivity (Wildman–Crippen MR) is 175 cm³/mol. The fraction of sp³-hybridized carbons (Fsp3) is 0.306. The van der Waals surface area contributed by atoms with Crippen LogP contribution in [0.4, 0.5) is 32.0 Å². The Morgan fingerprint density at radius 2 is 1.52 bits per heavy atom. The molecular weight excluding hydrogens is 714 g/mol. The van der Waals surface area contributed by atoms with Gasteiger partial charge in [0, 0.05) is 18.3 Å². The van der Waals surface area contributed by atoms with E-state index in [9.17, 15) is 40.0 Å². The van der Waals surface area contributed by atoms with Crippen molar-refractivity contribution in [2.24, 2.45) is 0 Å². The van der Waals surface area contributed by atoms with Crippen LogP contribution >= 0.6 is 0 Å². The van der Waals surface area contributed by atoms with Crippen molar-refractivity contribution >= 4 is 27.5 Å². The van der Waals surface area contributed by atoms with Crippen LogP contribution in [0.2, 0.25) is 0 Å². The number of pyridine rings is 1. The van der Waals surface area contributed by atoms with E-state index >= 15 is 4.39 Å². The molecule has 2 fully saturated rings. The Bertz CT molecular complexity index is 2050. The lowest BCUT2D eigenvalue weighted by Crippen LogP contribution is -2.59. The summed E-state index contributed by atoms with van der Waals surface area (Å²) in [5, 5.41) is 0. The summed E-state index contributed by atoms with van der Waals surface area (Å²) in [6.45, 7) is -0.891. The number of benzene rings is 3. The highest BCUT2D eigenvalue weighted by atomic mass is 32.2. The van der Waals surface area contributed by atoms with Crippen LogP contribution < -0.4 is 10.4 Å². The summed E-state index contributed by atoms with van der Waals surface area (Å²) in [6.07, 6.45) is 6.70. The monoisotopic (exact) mass is 746 g/mol. The Kier molecular flexibility index (Phi) is 11.0. The standard InChI is InChI=1S/C36H32F6N4O5S/c37-26-17-23(35(47)44-51-20-21-7-3-1-4-8-21)12-14-27(26)45(19-25-13-11-24(18-43-25)22-9-5-2-6-10-22)36(48)28-15-16-46(28)52(49,50)34-32(41)30(39)29(38)31(40)33(34)42/h1,3-4,7-8,11-14,17-18,22,28H,2,5-6,9-10,15-16,19-20H2,(H,44,47). The van der Waals surface area contributed by atoms with Gasteiger partial charge in [-0.05, 0) is 60.6 Å². The number of carbonyl (C=O) groups is 2. The maximum absolute atomic E-state index is 15.8. The summed E-state index contributed by atoms with van der Waals surface area (Å²) in [6, 6.07) is 13.8. The van der Waals surface area contributed by atoms with E-state index in [0.29, 0.717) is 10.2 Å². The molecular formula is C36H32F6N4O5S. The summed E-state index contributed by atoms with van der Waals surface area (Å²) in [5.74, 6) is -15.3. The van der Waals surface area contributed by atoms with Crippen molar-refractivity contribution in [1.29, 1.82) is 0 Å². The smallest absolute Gasteiger partial charge is 0.274 e. The molecule has 1 aliphatic heterocycles. The number of nitrogens with one attached hydrogen (secondary N) is 1. The second kappa shape index (κ2) is 15.4. The third kappa shape index (κ3) is 7.41. The number of anilines is 1. The number of hydrogen-bond donors (Lipinski definition) is 1. The van der Waals surface area contributed by atoms with Gasteiger partial charge in [0.1, 0.15) is 11.9 Å². The zero-order valence-corrected chi connectivity index (χ0v) is 28.2. The number of sulfonamides is 1. The number of hydrogen-bond acceptors (Lipinski definition) is 6. The first-order valence-corrected chi connectivity index (χ1v) is 17.9. The Labute approximate surface area is 295 Å². The molecule has 1 aromatic heterocycles. The van der Waals surface area contributed by atoms with Crippen molar-refractivity contribution in [3.63, 3.8) is 0 Å². The largest absolute Gasteiger partial charge is 0.302 e. The van der Waals surface area contributed by atoms with E-state index in [1.54, 1.807) is 42.6 Å². The van der Waals surface area contributed by atoms with Crippen LogP contribution in [-0.4, -0.2) is 42.1 Å². The molecule has 2 aliphatic rings. The van der Waals surface area contributed by atoms with Gasteiger partial charge in [-0.25, -0.2) is 40.2 Å². The van der Waals surface area contributed by atoms with Crippen molar-refractivity contribution in [3.8, 4) is 0 Å². The zero-order valence-electron chi connectivity index (χ0n) is 27.4. The van der Waals surface area contributed by atoms with Crippen LogP contribution in [0.15, 0.2) is 71.8 Å². The fourth-order valence-electron chi connectivity index (χ4n) is 6.34. The summed E-state index contributed by atoms with van der Waals surface area (Å²) in [4.78, 5) is 35.2. The van der Waals surface area contributed by atoms with Gasteiger partial charge in [-0.15, -0.1) is 0 Å². The SMILES string of the molecule is O=C(NOCc1ccccc1)c1ccc(N(Cc2ccc(C3CCCCC3)cn2)C(=O)C2CCN2S(=O)(=O)c2c(F)c(F)c(F)c(F)c2F)c(F)c1. The van der Waals surface area contributed by atoms with Gasteiger partial charge in [-0.2, -0.15) is 4.31 Å². The average molecular weight is 747 g/mol. The number of aromatic nitrogens is 1. The topological polar surface area (TPSA) is 109 Å². The molecule has 1 atom stereocenters. The summed E-state index contributed by atoms with van der Waals surface area (Å²) in [5.41, 5.74) is 3.64. The molecule has 1 N–H and O–H groups in total. The molecule has 274 valence electrons. The maximum Gasteiger partial charge on any atom is 0.274 e. The number of rotatable bonds is 11. The highest BCUT2D eigenvalue weighted by molar-refractivity contribution is 7.89. The van der Waals surface area contributed by atoms with Gasteiger partial charge in [-0.3, -0.25) is 19.4 Å². The van der Waals surface area contributed by atoms with Crippen molar-refractivity contribution in [1.82, 2.24) is 14.8 Å². The Morgan fingerprint density at radius 3 is 2.12 bits per heavy atom. The van der Waals surface area contributed by atoms with Gasteiger partial charge in [0.15, 0.2) is 28.2 Å². The zero-order chi connectivity index (χ0) is 37.2. The van der Waals surface area contributed by atoms with Gasteiger partial charge in [0.05, 0.1) is 24.5 Å². The molecule has 52 heavy (non-hydrogen) atoms. The van der Waals surface area contributed by atoms with Crippen molar-refractivity contribution in [2.45, 2.75) is 68.5 Å². The van der Waals surface area contributed by atoms with Gasteiger partial charge >= 0.3 is 0 Å². The molecule has 0 bridgehead atoms. The van der Waals surface area contributed by atoms with E-state index in [1.807, 2.05) is 6.07 Å². The molecule has 2 heterocycles. The number of nitrogens with zero attached hydrogens (tertiary/aromatic N) is 3. The second-order valence-electron chi connectivity index (χ2n) is 12.5. The van der Waals surface area contributed by atoms with E-state index in [4.69, 9.17) is 4.84 Å². The molecule has 0 spiro atoms. The molecule has 1 aliphatic carbocycles. The molecule has 3 aromatic carbocycles. The van der Waals surface area contributed by atoms with E-state index < -0.39 is 86.5 Å². The van der Waals surface area contributed by atoms with Crippen LogP contribution in [0.3, 0.4) is 0 Å². The Balaban J connectivity index is 1.28. The Hall–Kier alpha value is -4.80. The first-order valence-electron chi connectivity index (χ1n) is 16.4. The predicted octanol–water partition coefficient (Wildman–Crippen LogP) is 6.82. The van der Waals surface area contributed by atoms with Gasteiger partial charge < -0.3 is 4.90 Å². The number of amides is 2. The molecule has 0 radical (unpaired) electrons. The lowest BCUT2D eigenvalue weighted by molar-refractivity contribution is -0.125. The summed E-state index contributed by atoms with van der Waals surface area (Å²) < 4.78 is 114. The van der Waals surface area contributed by atoms with E-state index in [-0.39, 0.29) is 24.3 Å². The third-order valence-corrected chi connectivity index (χ3v) is 11.2. The van der Waals surface area contributed by atoms with Crippen molar-refractivity contribution in [3.05, 3.63) is 124 Å². The lowest BCUT2D eigenvalue weighted by atomic mass is 9.85. The highest BCUT2D eigenvalue weighted by Gasteiger charge is 2.48. The number of hydroxylamine groups is 1. The van der Waals surface area contributed by atoms with E-state index in [1.165, 1.54) is 6.07 Å². The van der Waals surface area contributed by atoms with Gasteiger partial charge in [-0.1, -0.05) is 55.7 Å². The summed E-state index contributed by atoms with van der Waals surface area (Å²) in [7, 11) is -5.47. The molecule has 1 saturated heterocycles. The highest BCUT2D eigenvalue weighted by Crippen LogP contribution is 2.36. The molecule has 2 amide bonds. The van der Waals surface area contributed by atoms with Gasteiger partial charge in [0.2, 0.25) is 21.7 Å². The molecule has 9 nitrogen and oxygen atoms in total. The van der Waals surface area contributed by atoms with E-state index in [0.717, 1.165) is 60.3 Å². The first-order chi connectivity index (χ1) is 24.9. The molecule has 6 rings (SSSR count). The van der Waals surface area contributed by atoms with Crippen LogP contribution in [0.1, 0.15) is 71.6 Å². The molecule has 1 unspecified atom stereocenters. The van der Waals surface area contributed by atoms with Crippen LogP contribution in [0.25, 0.3) is 0 Å². The Morgan fingerprint density at radius 1 is 0.846 bits per heavy atom. The lowest BCUT2D eigenvalue weighted by Gasteiger charge is -2.41. The molecule has 1 saturated carbocycles. The number of halogens is 6. The summed E-state index contributed by atoms with van der Waals surface area (Å²) >= 11 is 0. The normalized spacial score (nSPS) is 16.7.